The molecule has 4 nitrogen and oxygen atoms in total. The van der Waals surface area contributed by atoms with Crippen molar-refractivity contribution in [3.8, 4) is 0 Å². The Morgan fingerprint density at radius 1 is 1.25 bits per heavy atom. The van der Waals surface area contributed by atoms with Crippen molar-refractivity contribution in [2.45, 2.75) is 32.7 Å². The van der Waals surface area contributed by atoms with Crippen LogP contribution in [0.1, 0.15) is 26.3 Å². The summed E-state index contributed by atoms with van der Waals surface area (Å²) in [6.45, 7) is 8.10. The molecule has 108 valence electrons. The van der Waals surface area contributed by atoms with Gasteiger partial charge in [0.05, 0.1) is 6.61 Å². The molecule has 1 aromatic heterocycles. The lowest BCUT2D eigenvalue weighted by atomic mass is 9.86. The van der Waals surface area contributed by atoms with Crippen molar-refractivity contribution in [3.05, 3.63) is 42.2 Å². The summed E-state index contributed by atoms with van der Waals surface area (Å²) in [7, 11) is 1.71. The Bertz CT molecular complexity index is 555. The number of hydrogen-bond donors (Lipinski definition) is 1. The van der Waals surface area contributed by atoms with Crippen LogP contribution < -0.4 is 5.32 Å². The first-order valence-corrected chi connectivity index (χ1v) is 6.89. The number of rotatable bonds is 5. The highest BCUT2D eigenvalue weighted by atomic mass is 16.5. The van der Waals surface area contributed by atoms with Gasteiger partial charge in [-0.05, 0) is 17.0 Å². The zero-order valence-corrected chi connectivity index (χ0v) is 12.7. The van der Waals surface area contributed by atoms with Crippen molar-refractivity contribution in [1.82, 2.24) is 9.55 Å². The molecule has 0 radical (unpaired) electrons. The summed E-state index contributed by atoms with van der Waals surface area (Å²) in [6, 6.07) is 8.36. The molecular formula is C16H23N3O. The first kappa shape index (κ1) is 14.6. The van der Waals surface area contributed by atoms with Gasteiger partial charge in [0.1, 0.15) is 0 Å². The molecule has 0 saturated carbocycles. The molecule has 0 saturated heterocycles. The van der Waals surface area contributed by atoms with Crippen molar-refractivity contribution in [3.63, 3.8) is 0 Å². The van der Waals surface area contributed by atoms with Crippen LogP contribution >= 0.6 is 0 Å². The molecule has 1 N–H and O–H groups in total. The number of anilines is 2. The van der Waals surface area contributed by atoms with Crippen LogP contribution in [0.5, 0.6) is 0 Å². The van der Waals surface area contributed by atoms with E-state index >= 15 is 0 Å². The molecule has 0 aliphatic heterocycles. The largest absolute Gasteiger partial charge is 0.383 e. The average Bonchev–Trinajstić information content (AvgIpc) is 2.83. The molecule has 0 atom stereocenters. The van der Waals surface area contributed by atoms with Gasteiger partial charge in [-0.15, -0.1) is 0 Å². The van der Waals surface area contributed by atoms with Gasteiger partial charge in [0.25, 0.3) is 0 Å². The number of ether oxygens (including phenoxy) is 1. The Morgan fingerprint density at radius 3 is 2.70 bits per heavy atom. The zero-order valence-electron chi connectivity index (χ0n) is 12.7. The average molecular weight is 273 g/mol. The maximum Gasteiger partial charge on any atom is 0.207 e. The second kappa shape index (κ2) is 6.09. The van der Waals surface area contributed by atoms with E-state index in [0.717, 1.165) is 18.2 Å². The first-order chi connectivity index (χ1) is 9.52. The molecule has 0 unspecified atom stereocenters. The fourth-order valence-electron chi connectivity index (χ4n) is 2.17. The fourth-order valence-corrected chi connectivity index (χ4v) is 2.17. The minimum Gasteiger partial charge on any atom is -0.383 e. The van der Waals surface area contributed by atoms with Crippen molar-refractivity contribution in [1.29, 1.82) is 0 Å². The SMILES string of the molecule is COCCn1ccnc1Nc1ccccc1C(C)(C)C. The molecule has 2 aromatic rings. The van der Waals surface area contributed by atoms with E-state index in [-0.39, 0.29) is 5.41 Å². The van der Waals surface area contributed by atoms with E-state index < -0.39 is 0 Å². The smallest absolute Gasteiger partial charge is 0.207 e. The third kappa shape index (κ3) is 3.39. The van der Waals surface area contributed by atoms with Crippen LogP contribution in [0.2, 0.25) is 0 Å². The van der Waals surface area contributed by atoms with Gasteiger partial charge in [-0.2, -0.15) is 0 Å². The molecule has 0 spiro atoms. The number of nitrogens with zero attached hydrogens (tertiary/aromatic N) is 2. The number of imidazole rings is 1. The summed E-state index contributed by atoms with van der Waals surface area (Å²) in [5.74, 6) is 0.846. The Balaban J connectivity index is 2.25. The van der Waals surface area contributed by atoms with Gasteiger partial charge in [0.2, 0.25) is 5.95 Å². The summed E-state index contributed by atoms with van der Waals surface area (Å²) >= 11 is 0. The van der Waals surface area contributed by atoms with Crippen molar-refractivity contribution in [2.75, 3.05) is 19.0 Å². The first-order valence-electron chi connectivity index (χ1n) is 6.89. The van der Waals surface area contributed by atoms with E-state index in [4.69, 9.17) is 4.74 Å². The lowest BCUT2D eigenvalue weighted by Crippen LogP contribution is -2.15. The molecule has 0 aliphatic carbocycles. The molecule has 1 aromatic carbocycles. The normalized spacial score (nSPS) is 11.6. The molecule has 0 fully saturated rings. The molecule has 0 bridgehead atoms. The molecule has 2 rings (SSSR count). The van der Waals surface area contributed by atoms with Gasteiger partial charge in [0.15, 0.2) is 0 Å². The molecule has 0 amide bonds. The standard InChI is InChI=1S/C16H23N3O/c1-16(2,3)13-7-5-6-8-14(13)18-15-17-9-10-19(15)11-12-20-4/h5-10H,11-12H2,1-4H3,(H,17,18). The van der Waals surface area contributed by atoms with Gasteiger partial charge >= 0.3 is 0 Å². The lowest BCUT2D eigenvalue weighted by molar-refractivity contribution is 0.188. The topological polar surface area (TPSA) is 39.1 Å². The summed E-state index contributed by atoms with van der Waals surface area (Å²) in [6.07, 6.45) is 3.76. The van der Waals surface area contributed by atoms with Gasteiger partial charge in [-0.25, -0.2) is 4.98 Å². The number of para-hydroxylation sites is 1. The maximum absolute atomic E-state index is 5.12. The van der Waals surface area contributed by atoms with Crippen LogP contribution in [0.4, 0.5) is 11.6 Å². The number of aromatic nitrogens is 2. The van der Waals surface area contributed by atoms with Crippen LogP contribution in [0.25, 0.3) is 0 Å². The Morgan fingerprint density at radius 2 is 2.00 bits per heavy atom. The third-order valence-corrected chi connectivity index (χ3v) is 3.23. The molecule has 0 aliphatic rings. The van der Waals surface area contributed by atoms with E-state index in [9.17, 15) is 0 Å². The van der Waals surface area contributed by atoms with Crippen molar-refractivity contribution >= 4 is 11.6 Å². The Labute approximate surface area is 120 Å². The molecule has 4 heteroatoms. The highest BCUT2D eigenvalue weighted by Crippen LogP contribution is 2.30. The number of benzene rings is 1. The minimum atomic E-state index is 0.0908. The van der Waals surface area contributed by atoms with E-state index in [2.05, 4.69) is 53.8 Å². The van der Waals surface area contributed by atoms with Gasteiger partial charge in [0, 0.05) is 31.7 Å². The third-order valence-electron chi connectivity index (χ3n) is 3.23. The van der Waals surface area contributed by atoms with E-state index in [1.165, 1.54) is 5.56 Å². The Hall–Kier alpha value is -1.81. The molecule has 1 heterocycles. The second-order valence-corrected chi connectivity index (χ2v) is 5.86. The number of hydrogen-bond acceptors (Lipinski definition) is 3. The lowest BCUT2D eigenvalue weighted by Gasteiger charge is -2.23. The summed E-state index contributed by atoms with van der Waals surface area (Å²) in [5.41, 5.74) is 2.47. The Kier molecular flexibility index (Phi) is 4.45. The summed E-state index contributed by atoms with van der Waals surface area (Å²) in [5, 5.41) is 3.43. The predicted molar refractivity (Wildman–Crippen MR) is 82.5 cm³/mol. The number of methoxy groups -OCH3 is 1. The van der Waals surface area contributed by atoms with Crippen LogP contribution in [-0.2, 0) is 16.7 Å². The van der Waals surface area contributed by atoms with Gasteiger partial charge in [-0.1, -0.05) is 39.0 Å². The van der Waals surface area contributed by atoms with Crippen LogP contribution in [-0.4, -0.2) is 23.3 Å². The second-order valence-electron chi connectivity index (χ2n) is 5.86. The quantitative estimate of drug-likeness (QED) is 0.905. The van der Waals surface area contributed by atoms with Crippen molar-refractivity contribution < 1.29 is 4.74 Å². The highest BCUT2D eigenvalue weighted by molar-refractivity contribution is 5.60. The number of nitrogens with one attached hydrogen (secondary N) is 1. The van der Waals surface area contributed by atoms with Crippen LogP contribution in [0.3, 0.4) is 0 Å². The molecule has 20 heavy (non-hydrogen) atoms. The minimum absolute atomic E-state index is 0.0908. The van der Waals surface area contributed by atoms with Gasteiger partial charge in [-0.3, -0.25) is 0 Å². The maximum atomic E-state index is 5.12. The van der Waals surface area contributed by atoms with Crippen molar-refractivity contribution in [2.24, 2.45) is 0 Å². The van der Waals surface area contributed by atoms with E-state index in [1.807, 2.05) is 12.3 Å². The fraction of sp³-hybridized carbons (Fsp3) is 0.438. The van der Waals surface area contributed by atoms with Crippen LogP contribution in [0.15, 0.2) is 36.7 Å². The zero-order chi connectivity index (χ0) is 14.6. The predicted octanol–water partition coefficient (Wildman–Crippen LogP) is 3.57. The van der Waals surface area contributed by atoms with Gasteiger partial charge < -0.3 is 14.6 Å². The van der Waals surface area contributed by atoms with E-state index in [0.29, 0.717) is 6.61 Å². The van der Waals surface area contributed by atoms with Crippen LogP contribution in [0, 0.1) is 0 Å². The molecular weight excluding hydrogens is 250 g/mol. The summed E-state index contributed by atoms with van der Waals surface area (Å²) in [4.78, 5) is 4.38. The summed E-state index contributed by atoms with van der Waals surface area (Å²) < 4.78 is 7.18. The highest BCUT2D eigenvalue weighted by Gasteiger charge is 2.18. The monoisotopic (exact) mass is 273 g/mol. The van der Waals surface area contributed by atoms with E-state index in [1.54, 1.807) is 13.3 Å².